The third-order valence-electron chi connectivity index (χ3n) is 7.47. The van der Waals surface area contributed by atoms with Gasteiger partial charge < -0.3 is 73.5 Å². The highest BCUT2D eigenvalue weighted by Gasteiger charge is 2.48. The highest BCUT2D eigenvalue weighted by molar-refractivity contribution is 7.81. The number of fused-ring (bicyclic) bond motifs is 1. The van der Waals surface area contributed by atoms with Crippen LogP contribution >= 0.6 is 0 Å². The van der Waals surface area contributed by atoms with Gasteiger partial charge in [-0.05, 0) is 25.1 Å². The third-order valence-corrected chi connectivity index (χ3v) is 7.86. The molecule has 0 bridgehead atoms. The molecule has 2 aliphatic heterocycles. The van der Waals surface area contributed by atoms with Gasteiger partial charge in [0, 0.05) is 17.7 Å². The van der Waals surface area contributed by atoms with Crippen LogP contribution in [-0.4, -0.2) is 127 Å². The number of benzene rings is 2. The minimum Gasteiger partial charge on any atom is -0.508 e. The number of phenols is 3. The maximum atomic E-state index is 13.9. The van der Waals surface area contributed by atoms with Gasteiger partial charge >= 0.3 is 10.4 Å². The smallest absolute Gasteiger partial charge is 0.446 e. The monoisotopic (exact) mass is 690 g/mol. The Morgan fingerprint density at radius 2 is 1.47 bits per heavy atom. The SMILES string of the molecule is C[C@@H]1O[C@@H](OC[C@H]2O[C@@H](Oc3c(-c4ccc(O)c(O)c4)oc4cc(O)cc(OS(=O)(=O)O)c4c3=O)[C@H](O)[C@@H](O)[C@@H]2O)[C@H](O)[C@H](O)[C@H]1O. The molecule has 0 aliphatic carbocycles. The first kappa shape index (κ1) is 34.5. The number of aliphatic hydroxyl groups excluding tert-OH is 6. The van der Waals surface area contributed by atoms with E-state index in [-0.39, 0.29) is 5.56 Å². The standard InChI is InChI=1S/C27H30O19S/c1-8-17(31)20(34)22(36)26(42-8)41-7-15-18(32)21(35)23(37)27(44-15)45-25-19(33)16-13(5-10(28)6-14(16)46-47(38,39)40)43-24(25)9-2-3-11(29)12(30)4-9/h2-6,8,15,17-18,20-23,26-32,34-37H,7H2,1H3,(H,38,39,40)/t8-,15+,17-,18+,20+,21-,22+,23+,26+,27-/m0/s1. The van der Waals surface area contributed by atoms with E-state index in [1.54, 1.807) is 0 Å². The average Bonchev–Trinajstić information content (AvgIpc) is 2.99. The summed E-state index contributed by atoms with van der Waals surface area (Å²) in [7, 11) is -5.26. The van der Waals surface area contributed by atoms with Crippen molar-refractivity contribution in [3.05, 3.63) is 40.6 Å². The molecule has 3 aromatic rings. The van der Waals surface area contributed by atoms with Crippen LogP contribution in [-0.2, 0) is 24.6 Å². The van der Waals surface area contributed by atoms with E-state index in [0.29, 0.717) is 6.07 Å². The second kappa shape index (κ2) is 13.0. The summed E-state index contributed by atoms with van der Waals surface area (Å²) in [5.41, 5.74) is -1.93. The summed E-state index contributed by atoms with van der Waals surface area (Å²) >= 11 is 0. The van der Waals surface area contributed by atoms with Crippen LogP contribution < -0.4 is 14.3 Å². The Morgan fingerprint density at radius 1 is 0.809 bits per heavy atom. The Kier molecular flexibility index (Phi) is 9.56. The van der Waals surface area contributed by atoms with Crippen LogP contribution in [0.2, 0.25) is 0 Å². The molecule has 2 aliphatic rings. The molecule has 2 saturated heterocycles. The van der Waals surface area contributed by atoms with Gasteiger partial charge in [0.25, 0.3) is 0 Å². The molecule has 1 aromatic heterocycles. The van der Waals surface area contributed by atoms with Gasteiger partial charge in [0.1, 0.15) is 59.4 Å². The summed E-state index contributed by atoms with van der Waals surface area (Å²) in [6.45, 7) is 0.707. The van der Waals surface area contributed by atoms with E-state index >= 15 is 0 Å². The van der Waals surface area contributed by atoms with E-state index in [0.717, 1.165) is 24.3 Å². The van der Waals surface area contributed by atoms with Gasteiger partial charge in [0.2, 0.25) is 17.5 Å². The predicted octanol–water partition coefficient (Wildman–Crippen LogP) is -2.21. The van der Waals surface area contributed by atoms with E-state index in [2.05, 4.69) is 4.18 Å². The van der Waals surface area contributed by atoms with Crippen LogP contribution in [0.4, 0.5) is 0 Å². The molecule has 3 heterocycles. The first-order valence-corrected chi connectivity index (χ1v) is 15.0. The lowest BCUT2D eigenvalue weighted by atomic mass is 9.98. The topological polar surface area (TPSA) is 313 Å². The Bertz CT molecular complexity index is 1790. The first-order chi connectivity index (χ1) is 22.0. The lowest BCUT2D eigenvalue weighted by Gasteiger charge is -2.42. The minimum atomic E-state index is -5.26. The fourth-order valence-electron chi connectivity index (χ4n) is 5.00. The second-order valence-electron chi connectivity index (χ2n) is 10.8. The predicted molar refractivity (Wildman–Crippen MR) is 151 cm³/mol. The zero-order valence-corrected chi connectivity index (χ0v) is 24.7. The number of hydrogen-bond acceptors (Lipinski definition) is 18. The molecule has 5 rings (SSSR count). The molecule has 47 heavy (non-hydrogen) atoms. The molecule has 10 N–H and O–H groups in total. The molecule has 20 heteroatoms. The lowest BCUT2D eigenvalue weighted by Crippen LogP contribution is -2.61. The van der Waals surface area contributed by atoms with Crippen LogP contribution in [0.1, 0.15) is 6.92 Å². The maximum Gasteiger partial charge on any atom is 0.446 e. The van der Waals surface area contributed by atoms with Gasteiger partial charge in [-0.3, -0.25) is 9.35 Å². The Labute approximate surface area is 263 Å². The Balaban J connectivity index is 1.54. The summed E-state index contributed by atoms with van der Waals surface area (Å²) < 4.78 is 64.4. The molecule has 0 radical (unpaired) electrons. The van der Waals surface area contributed by atoms with Crippen LogP contribution in [0.3, 0.4) is 0 Å². The lowest BCUT2D eigenvalue weighted by molar-refractivity contribution is -0.318. The molecule has 0 unspecified atom stereocenters. The molecule has 10 atom stereocenters. The Hall–Kier alpha value is -3.80. The van der Waals surface area contributed by atoms with Crippen LogP contribution in [0, 0.1) is 0 Å². The third kappa shape index (κ3) is 6.93. The van der Waals surface area contributed by atoms with Crippen molar-refractivity contribution in [1.82, 2.24) is 0 Å². The molecule has 19 nitrogen and oxygen atoms in total. The van der Waals surface area contributed by atoms with Crippen molar-refractivity contribution in [1.29, 1.82) is 0 Å². The van der Waals surface area contributed by atoms with Crippen molar-refractivity contribution in [2.75, 3.05) is 6.61 Å². The summed E-state index contributed by atoms with van der Waals surface area (Å²) in [6.07, 6.45) is -16.9. The molecule has 0 spiro atoms. The molecule has 0 saturated carbocycles. The fraction of sp³-hybridized carbons (Fsp3) is 0.444. The summed E-state index contributed by atoms with van der Waals surface area (Å²) in [5.74, 6) is -4.28. The number of phenolic OH excluding ortho intramolecular Hbond substituents is 3. The van der Waals surface area contributed by atoms with Gasteiger partial charge in [-0.15, -0.1) is 0 Å². The van der Waals surface area contributed by atoms with Crippen LogP contribution in [0.5, 0.6) is 28.7 Å². The molecule has 2 fully saturated rings. The number of hydrogen-bond donors (Lipinski definition) is 10. The highest BCUT2D eigenvalue weighted by atomic mass is 32.3. The van der Waals surface area contributed by atoms with Crippen molar-refractivity contribution in [2.45, 2.75) is 68.3 Å². The van der Waals surface area contributed by atoms with Gasteiger partial charge in [-0.2, -0.15) is 8.42 Å². The number of ether oxygens (including phenoxy) is 4. The van der Waals surface area contributed by atoms with Gasteiger partial charge in [-0.1, -0.05) is 0 Å². The minimum absolute atomic E-state index is 0.154. The number of aliphatic hydroxyl groups is 6. The highest BCUT2D eigenvalue weighted by Crippen LogP contribution is 2.40. The first-order valence-electron chi connectivity index (χ1n) is 13.7. The van der Waals surface area contributed by atoms with Crippen molar-refractivity contribution in [3.8, 4) is 40.1 Å². The van der Waals surface area contributed by atoms with Crippen molar-refractivity contribution >= 4 is 21.4 Å². The molecule has 2 aromatic carbocycles. The van der Waals surface area contributed by atoms with Gasteiger partial charge in [0.05, 0.1) is 12.7 Å². The normalized spacial score (nSPS) is 31.5. The quantitative estimate of drug-likeness (QED) is 0.0884. The molecular formula is C27H30O19S. The molecule has 258 valence electrons. The molecule has 0 amide bonds. The van der Waals surface area contributed by atoms with Crippen molar-refractivity contribution in [3.63, 3.8) is 0 Å². The summed E-state index contributed by atoms with van der Waals surface area (Å²) in [5, 5.41) is 91.3. The van der Waals surface area contributed by atoms with E-state index in [1.807, 2.05) is 0 Å². The average molecular weight is 691 g/mol. The van der Waals surface area contributed by atoms with E-state index < -0.39 is 129 Å². The zero-order chi connectivity index (χ0) is 34.5. The van der Waals surface area contributed by atoms with E-state index in [4.69, 9.17) is 23.4 Å². The van der Waals surface area contributed by atoms with Crippen molar-refractivity contribution < 1.29 is 86.5 Å². The van der Waals surface area contributed by atoms with Crippen LogP contribution in [0.15, 0.2) is 39.5 Å². The number of aromatic hydroxyl groups is 3. The van der Waals surface area contributed by atoms with Crippen molar-refractivity contribution in [2.24, 2.45) is 0 Å². The largest absolute Gasteiger partial charge is 0.508 e. The summed E-state index contributed by atoms with van der Waals surface area (Å²) in [6, 6.07) is 4.62. The molecular weight excluding hydrogens is 660 g/mol. The van der Waals surface area contributed by atoms with E-state index in [1.165, 1.54) is 6.92 Å². The van der Waals surface area contributed by atoms with E-state index in [9.17, 15) is 63.7 Å². The second-order valence-corrected chi connectivity index (χ2v) is 11.8. The summed E-state index contributed by atoms with van der Waals surface area (Å²) in [4.78, 5) is 13.9. The van der Waals surface area contributed by atoms with Gasteiger partial charge in [-0.25, -0.2) is 0 Å². The maximum absolute atomic E-state index is 13.9. The fourth-order valence-corrected chi connectivity index (χ4v) is 5.36. The Morgan fingerprint density at radius 3 is 2.13 bits per heavy atom. The van der Waals surface area contributed by atoms with Gasteiger partial charge in [0.15, 0.2) is 29.3 Å². The number of rotatable bonds is 8. The zero-order valence-electron chi connectivity index (χ0n) is 23.9. The van der Waals surface area contributed by atoms with Crippen LogP contribution in [0.25, 0.3) is 22.3 Å².